The van der Waals surface area contributed by atoms with E-state index in [1.54, 1.807) is 36.4 Å². The molecule has 6 nitrogen and oxygen atoms in total. The van der Waals surface area contributed by atoms with E-state index < -0.39 is 0 Å². The number of benzene rings is 2. The smallest absolute Gasteiger partial charge is 0.255 e. The van der Waals surface area contributed by atoms with Gasteiger partial charge in [-0.3, -0.25) is 4.79 Å². The van der Waals surface area contributed by atoms with Crippen LogP contribution in [0.3, 0.4) is 0 Å². The highest BCUT2D eigenvalue weighted by Crippen LogP contribution is 2.33. The molecule has 0 saturated carbocycles. The van der Waals surface area contributed by atoms with Crippen LogP contribution in [0.2, 0.25) is 0 Å². The maximum Gasteiger partial charge on any atom is 0.255 e. The molecule has 1 amide bonds. The van der Waals surface area contributed by atoms with Crippen LogP contribution in [0.4, 0.5) is 5.69 Å². The van der Waals surface area contributed by atoms with Gasteiger partial charge in [0.05, 0.1) is 13.2 Å². The van der Waals surface area contributed by atoms with Crippen LogP contribution in [-0.2, 0) is 0 Å². The van der Waals surface area contributed by atoms with Crippen molar-refractivity contribution in [2.45, 2.75) is 13.8 Å². The fourth-order valence-corrected chi connectivity index (χ4v) is 2.37. The van der Waals surface area contributed by atoms with E-state index in [2.05, 4.69) is 5.32 Å². The quantitative estimate of drug-likeness (QED) is 0.879. The second kappa shape index (κ2) is 7.12. The molecule has 0 unspecified atom stereocenters. The van der Waals surface area contributed by atoms with Crippen molar-refractivity contribution >= 4 is 11.6 Å². The molecule has 0 aliphatic carbocycles. The van der Waals surface area contributed by atoms with Gasteiger partial charge >= 0.3 is 0 Å². The lowest BCUT2D eigenvalue weighted by Crippen LogP contribution is -2.12. The number of hydrogen-bond donors (Lipinski definition) is 1. The zero-order chi connectivity index (χ0) is 16.9. The molecule has 0 spiro atoms. The van der Waals surface area contributed by atoms with Crippen LogP contribution in [0.5, 0.6) is 23.0 Å². The van der Waals surface area contributed by atoms with Gasteiger partial charge in [0.25, 0.3) is 5.91 Å². The van der Waals surface area contributed by atoms with Crippen LogP contribution in [0.25, 0.3) is 0 Å². The first-order valence-corrected chi connectivity index (χ1v) is 7.82. The first-order valence-electron chi connectivity index (χ1n) is 7.82. The Morgan fingerprint density at radius 2 is 1.75 bits per heavy atom. The van der Waals surface area contributed by atoms with E-state index in [1.807, 2.05) is 13.8 Å². The molecule has 24 heavy (non-hydrogen) atoms. The van der Waals surface area contributed by atoms with E-state index in [0.717, 1.165) is 0 Å². The minimum atomic E-state index is -0.236. The third-order valence-electron chi connectivity index (χ3n) is 3.44. The third-order valence-corrected chi connectivity index (χ3v) is 3.44. The maximum atomic E-state index is 12.4. The van der Waals surface area contributed by atoms with Gasteiger partial charge in [-0.05, 0) is 44.2 Å². The summed E-state index contributed by atoms with van der Waals surface area (Å²) in [6.07, 6.45) is 0. The van der Waals surface area contributed by atoms with Crippen molar-refractivity contribution in [1.82, 2.24) is 0 Å². The summed E-state index contributed by atoms with van der Waals surface area (Å²) in [7, 11) is 0. The van der Waals surface area contributed by atoms with Crippen molar-refractivity contribution in [3.63, 3.8) is 0 Å². The standard InChI is InChI=1S/C18H19NO5/c1-3-21-14-8-6-13(10-17(14)22-4-2)19-18(20)12-5-7-15-16(9-12)24-11-23-15/h5-10H,3-4,11H2,1-2H3,(H,19,20). The Morgan fingerprint density at radius 3 is 2.54 bits per heavy atom. The topological polar surface area (TPSA) is 66.0 Å². The van der Waals surface area contributed by atoms with Crippen LogP contribution in [0.1, 0.15) is 24.2 Å². The van der Waals surface area contributed by atoms with E-state index in [-0.39, 0.29) is 12.7 Å². The average molecular weight is 329 g/mol. The maximum absolute atomic E-state index is 12.4. The fraction of sp³-hybridized carbons (Fsp3) is 0.278. The molecular weight excluding hydrogens is 310 g/mol. The average Bonchev–Trinajstić information content (AvgIpc) is 3.05. The summed E-state index contributed by atoms with van der Waals surface area (Å²) >= 11 is 0. The summed E-state index contributed by atoms with van der Waals surface area (Å²) in [6.45, 7) is 5.04. The van der Waals surface area contributed by atoms with E-state index in [9.17, 15) is 4.79 Å². The van der Waals surface area contributed by atoms with Crippen molar-refractivity contribution < 1.29 is 23.7 Å². The van der Waals surface area contributed by atoms with Gasteiger partial charge in [-0.1, -0.05) is 0 Å². The van der Waals surface area contributed by atoms with Gasteiger partial charge in [0.1, 0.15) is 0 Å². The molecule has 0 fully saturated rings. The molecule has 0 radical (unpaired) electrons. The first kappa shape index (κ1) is 16.0. The molecule has 0 bridgehead atoms. The normalized spacial score (nSPS) is 11.9. The zero-order valence-electron chi connectivity index (χ0n) is 13.6. The highest BCUT2D eigenvalue weighted by Gasteiger charge is 2.16. The van der Waals surface area contributed by atoms with Crippen molar-refractivity contribution in [3.8, 4) is 23.0 Å². The predicted molar refractivity (Wildman–Crippen MR) is 89.3 cm³/mol. The molecule has 1 N–H and O–H groups in total. The Hall–Kier alpha value is -2.89. The van der Waals surface area contributed by atoms with E-state index in [0.29, 0.717) is 47.5 Å². The Bertz CT molecular complexity index is 744. The van der Waals surface area contributed by atoms with Gasteiger partial charge in [0.2, 0.25) is 6.79 Å². The summed E-state index contributed by atoms with van der Waals surface area (Å²) in [5, 5.41) is 2.85. The second-order valence-electron chi connectivity index (χ2n) is 5.05. The van der Waals surface area contributed by atoms with Gasteiger partial charge in [0, 0.05) is 17.3 Å². The second-order valence-corrected chi connectivity index (χ2v) is 5.05. The Labute approximate surface area is 140 Å². The molecular formula is C18H19NO5. The van der Waals surface area contributed by atoms with Crippen LogP contribution < -0.4 is 24.3 Å². The number of anilines is 1. The Morgan fingerprint density at radius 1 is 1.00 bits per heavy atom. The van der Waals surface area contributed by atoms with Crippen molar-refractivity contribution in [2.75, 3.05) is 25.3 Å². The summed E-state index contributed by atoms with van der Waals surface area (Å²) in [4.78, 5) is 12.4. The van der Waals surface area contributed by atoms with Gasteiger partial charge in [-0.15, -0.1) is 0 Å². The van der Waals surface area contributed by atoms with Crippen LogP contribution >= 0.6 is 0 Å². The monoisotopic (exact) mass is 329 g/mol. The number of nitrogens with one attached hydrogen (secondary N) is 1. The highest BCUT2D eigenvalue weighted by molar-refractivity contribution is 6.04. The number of carbonyl (C=O) groups excluding carboxylic acids is 1. The van der Waals surface area contributed by atoms with Gasteiger partial charge in [-0.2, -0.15) is 0 Å². The summed E-state index contributed by atoms with van der Waals surface area (Å²) in [6, 6.07) is 10.4. The molecule has 0 saturated heterocycles. The summed E-state index contributed by atoms with van der Waals surface area (Å²) < 4.78 is 21.6. The van der Waals surface area contributed by atoms with Crippen molar-refractivity contribution in [1.29, 1.82) is 0 Å². The molecule has 2 aromatic rings. The molecule has 1 aliphatic heterocycles. The number of ether oxygens (including phenoxy) is 4. The lowest BCUT2D eigenvalue weighted by molar-refractivity contribution is 0.102. The summed E-state index contributed by atoms with van der Waals surface area (Å²) in [5.41, 5.74) is 1.12. The number of carbonyl (C=O) groups is 1. The van der Waals surface area contributed by atoms with Crippen LogP contribution in [0, 0.1) is 0 Å². The van der Waals surface area contributed by atoms with Crippen LogP contribution in [0.15, 0.2) is 36.4 Å². The third kappa shape index (κ3) is 3.37. The lowest BCUT2D eigenvalue weighted by Gasteiger charge is -2.13. The SMILES string of the molecule is CCOc1ccc(NC(=O)c2ccc3c(c2)OCO3)cc1OCC. The molecule has 0 atom stereocenters. The first-order chi connectivity index (χ1) is 11.7. The Balaban J connectivity index is 1.77. The van der Waals surface area contributed by atoms with E-state index in [4.69, 9.17) is 18.9 Å². The van der Waals surface area contributed by atoms with E-state index in [1.165, 1.54) is 0 Å². The largest absolute Gasteiger partial charge is 0.490 e. The van der Waals surface area contributed by atoms with Gasteiger partial charge in [0.15, 0.2) is 23.0 Å². The molecule has 1 aliphatic rings. The number of hydrogen-bond acceptors (Lipinski definition) is 5. The summed E-state index contributed by atoms with van der Waals surface area (Å²) in [5.74, 6) is 2.23. The molecule has 0 aromatic heterocycles. The fourth-order valence-electron chi connectivity index (χ4n) is 2.37. The minimum absolute atomic E-state index is 0.178. The molecule has 6 heteroatoms. The highest BCUT2D eigenvalue weighted by atomic mass is 16.7. The van der Waals surface area contributed by atoms with Gasteiger partial charge < -0.3 is 24.3 Å². The number of fused-ring (bicyclic) bond motifs is 1. The zero-order valence-corrected chi connectivity index (χ0v) is 13.6. The molecule has 3 rings (SSSR count). The van der Waals surface area contributed by atoms with Gasteiger partial charge in [-0.25, -0.2) is 0 Å². The molecule has 2 aromatic carbocycles. The van der Waals surface area contributed by atoms with Crippen molar-refractivity contribution in [3.05, 3.63) is 42.0 Å². The van der Waals surface area contributed by atoms with E-state index >= 15 is 0 Å². The predicted octanol–water partition coefficient (Wildman–Crippen LogP) is 3.47. The minimum Gasteiger partial charge on any atom is -0.490 e. The van der Waals surface area contributed by atoms with Crippen LogP contribution in [-0.4, -0.2) is 25.9 Å². The number of amides is 1. The lowest BCUT2D eigenvalue weighted by atomic mass is 10.2. The Kier molecular flexibility index (Phi) is 4.74. The molecule has 126 valence electrons. The molecule has 1 heterocycles. The number of rotatable bonds is 6. The van der Waals surface area contributed by atoms with Crippen molar-refractivity contribution in [2.24, 2.45) is 0 Å².